The fraction of sp³-hybridized carbons (Fsp3) is 0.389. The lowest BCUT2D eigenvalue weighted by molar-refractivity contribution is -0.119. The van der Waals surface area contributed by atoms with Gasteiger partial charge in [0.2, 0.25) is 5.91 Å². The lowest BCUT2D eigenvalue weighted by Crippen LogP contribution is -2.27. The number of unbranched alkanes of at least 4 members (excludes halogenated alkanes) is 1. The molecule has 0 spiro atoms. The van der Waals surface area contributed by atoms with Crippen LogP contribution in [0.2, 0.25) is 0 Å². The maximum atomic E-state index is 12.2. The molecule has 0 fully saturated rings. The molecular weight excluding hydrogens is 386 g/mol. The summed E-state index contributed by atoms with van der Waals surface area (Å²) in [5.41, 5.74) is 0.833. The summed E-state index contributed by atoms with van der Waals surface area (Å²) < 4.78 is 7.60. The quantitative estimate of drug-likeness (QED) is 0.391. The lowest BCUT2D eigenvalue weighted by Gasteiger charge is -2.10. The van der Waals surface area contributed by atoms with Crippen molar-refractivity contribution >= 4 is 51.7 Å². The van der Waals surface area contributed by atoms with E-state index in [0.29, 0.717) is 5.75 Å². The van der Waals surface area contributed by atoms with Crippen molar-refractivity contribution in [2.24, 2.45) is 0 Å². The third kappa shape index (κ3) is 5.25. The molecule has 0 aliphatic carbocycles. The number of fused-ring (bicyclic) bond motifs is 1. The van der Waals surface area contributed by atoms with Crippen molar-refractivity contribution in [1.82, 2.24) is 15.5 Å². The van der Waals surface area contributed by atoms with E-state index in [1.807, 2.05) is 37.3 Å². The molecule has 0 radical (unpaired) electrons. The van der Waals surface area contributed by atoms with Crippen LogP contribution in [0.1, 0.15) is 38.5 Å². The molecule has 0 bridgehead atoms. The second-order valence-electron chi connectivity index (χ2n) is 5.80. The smallest absolute Gasteiger partial charge is 0.231 e. The number of rotatable bonds is 9. The Bertz CT molecular complexity index is 829. The van der Waals surface area contributed by atoms with E-state index in [1.54, 1.807) is 23.1 Å². The van der Waals surface area contributed by atoms with Crippen molar-refractivity contribution in [3.8, 4) is 0 Å². The third-order valence-electron chi connectivity index (χ3n) is 3.69. The van der Waals surface area contributed by atoms with Gasteiger partial charge in [0.25, 0.3) is 0 Å². The van der Waals surface area contributed by atoms with E-state index in [0.717, 1.165) is 31.2 Å². The Morgan fingerprint density at radius 3 is 2.81 bits per heavy atom. The van der Waals surface area contributed by atoms with Crippen LogP contribution < -0.4 is 5.32 Å². The van der Waals surface area contributed by atoms with Crippen molar-refractivity contribution in [2.45, 2.75) is 41.4 Å². The number of hydrogen-bond donors (Lipinski definition) is 1. The van der Waals surface area contributed by atoms with Gasteiger partial charge in [-0.1, -0.05) is 66.4 Å². The number of amides is 1. The van der Waals surface area contributed by atoms with E-state index >= 15 is 0 Å². The molecule has 1 aromatic carbocycles. The molecular formula is C18H21N3O2S3. The highest BCUT2D eigenvalue weighted by molar-refractivity contribution is 8.03. The summed E-state index contributed by atoms with van der Waals surface area (Å²) >= 11 is 4.70. The van der Waals surface area contributed by atoms with Gasteiger partial charge in [-0.05, 0) is 25.5 Å². The van der Waals surface area contributed by atoms with Crippen LogP contribution in [0.4, 0.5) is 0 Å². The van der Waals surface area contributed by atoms with E-state index in [4.69, 9.17) is 4.42 Å². The van der Waals surface area contributed by atoms with Crippen LogP contribution in [-0.4, -0.2) is 27.6 Å². The number of hydrogen-bond acceptors (Lipinski definition) is 7. The Morgan fingerprint density at radius 1 is 1.27 bits per heavy atom. The molecule has 0 unspecified atom stereocenters. The van der Waals surface area contributed by atoms with Crippen LogP contribution in [-0.2, 0) is 4.79 Å². The lowest BCUT2D eigenvalue weighted by atomic mass is 10.2. The fourth-order valence-corrected chi connectivity index (χ4v) is 5.30. The Hall–Kier alpha value is -1.51. The first-order valence-electron chi connectivity index (χ1n) is 8.52. The first-order chi connectivity index (χ1) is 12.7. The minimum atomic E-state index is -0.176. The highest BCUT2D eigenvalue weighted by Crippen LogP contribution is 2.29. The average molecular weight is 408 g/mol. The van der Waals surface area contributed by atoms with Crippen LogP contribution in [0.15, 0.2) is 43.4 Å². The number of benzene rings is 1. The summed E-state index contributed by atoms with van der Waals surface area (Å²) in [6.45, 7) is 4.10. The molecule has 2 aromatic heterocycles. The number of carbonyl (C=O) groups is 1. The topological polar surface area (TPSA) is 68.0 Å². The number of thioether (sulfide) groups is 2. The number of para-hydroxylation sites is 1. The minimum Gasteiger partial charge on any atom is -0.459 e. The predicted octanol–water partition coefficient (Wildman–Crippen LogP) is 5.15. The van der Waals surface area contributed by atoms with Gasteiger partial charge in [0, 0.05) is 11.1 Å². The van der Waals surface area contributed by atoms with Crippen molar-refractivity contribution in [3.63, 3.8) is 0 Å². The molecule has 0 aliphatic rings. The standard InChI is InChI=1S/C18H21N3O2S3/c1-3-4-9-24-17-20-21-18(26-17)25-11-16(22)19-12(2)15-10-13-7-5-6-8-14(13)23-15/h5-8,10,12H,3-4,9,11H2,1-2H3,(H,19,22)/t12-/m1/s1. The van der Waals surface area contributed by atoms with Gasteiger partial charge < -0.3 is 9.73 Å². The highest BCUT2D eigenvalue weighted by Gasteiger charge is 2.15. The summed E-state index contributed by atoms with van der Waals surface area (Å²) in [5, 5.41) is 12.3. The molecule has 5 nitrogen and oxygen atoms in total. The zero-order chi connectivity index (χ0) is 18.4. The molecule has 138 valence electrons. The van der Waals surface area contributed by atoms with Gasteiger partial charge in [-0.3, -0.25) is 4.79 Å². The van der Waals surface area contributed by atoms with Gasteiger partial charge in [-0.15, -0.1) is 10.2 Å². The Morgan fingerprint density at radius 2 is 2.04 bits per heavy atom. The molecule has 0 saturated heterocycles. The largest absolute Gasteiger partial charge is 0.459 e. The van der Waals surface area contributed by atoms with Crippen molar-refractivity contribution in [3.05, 3.63) is 36.1 Å². The molecule has 1 amide bonds. The van der Waals surface area contributed by atoms with Crippen LogP contribution in [0.25, 0.3) is 11.0 Å². The minimum absolute atomic E-state index is 0.0432. The monoisotopic (exact) mass is 407 g/mol. The van der Waals surface area contributed by atoms with E-state index in [2.05, 4.69) is 22.4 Å². The summed E-state index contributed by atoms with van der Waals surface area (Å²) in [6.07, 6.45) is 2.35. The average Bonchev–Trinajstić information content (AvgIpc) is 3.27. The molecule has 1 N–H and O–H groups in total. The van der Waals surface area contributed by atoms with Crippen LogP contribution >= 0.6 is 34.9 Å². The number of furan rings is 1. The Kier molecular flexibility index (Phi) is 6.99. The Balaban J connectivity index is 1.47. The third-order valence-corrected chi connectivity index (χ3v) is 6.96. The van der Waals surface area contributed by atoms with Crippen LogP contribution in [0.3, 0.4) is 0 Å². The number of nitrogens with one attached hydrogen (secondary N) is 1. The molecule has 2 heterocycles. The zero-order valence-corrected chi connectivity index (χ0v) is 17.2. The summed E-state index contributed by atoms with van der Waals surface area (Å²) in [6, 6.07) is 9.63. The number of aromatic nitrogens is 2. The molecule has 0 saturated carbocycles. The van der Waals surface area contributed by atoms with Crippen molar-refractivity contribution in [1.29, 1.82) is 0 Å². The second kappa shape index (κ2) is 9.43. The van der Waals surface area contributed by atoms with E-state index in [1.165, 1.54) is 24.6 Å². The van der Waals surface area contributed by atoms with Gasteiger partial charge in [-0.25, -0.2) is 0 Å². The molecule has 0 aliphatic heterocycles. The highest BCUT2D eigenvalue weighted by atomic mass is 32.2. The second-order valence-corrected chi connectivity index (χ2v) is 9.34. The zero-order valence-electron chi connectivity index (χ0n) is 14.7. The van der Waals surface area contributed by atoms with E-state index in [-0.39, 0.29) is 11.9 Å². The van der Waals surface area contributed by atoms with Gasteiger partial charge >= 0.3 is 0 Å². The summed E-state index contributed by atoms with van der Waals surface area (Å²) in [7, 11) is 0. The van der Waals surface area contributed by atoms with E-state index in [9.17, 15) is 4.79 Å². The molecule has 8 heteroatoms. The van der Waals surface area contributed by atoms with Crippen molar-refractivity contribution in [2.75, 3.05) is 11.5 Å². The number of carbonyl (C=O) groups excluding carboxylic acids is 1. The van der Waals surface area contributed by atoms with Crippen molar-refractivity contribution < 1.29 is 9.21 Å². The molecule has 26 heavy (non-hydrogen) atoms. The first-order valence-corrected chi connectivity index (χ1v) is 11.3. The number of nitrogens with zero attached hydrogens (tertiary/aromatic N) is 2. The summed E-state index contributed by atoms with van der Waals surface area (Å²) in [4.78, 5) is 12.2. The maximum absolute atomic E-state index is 12.2. The van der Waals surface area contributed by atoms with Crippen LogP contribution in [0.5, 0.6) is 0 Å². The van der Waals surface area contributed by atoms with Gasteiger partial charge in [0.15, 0.2) is 8.68 Å². The van der Waals surface area contributed by atoms with Gasteiger partial charge in [0.1, 0.15) is 11.3 Å². The van der Waals surface area contributed by atoms with Gasteiger partial charge in [0.05, 0.1) is 11.8 Å². The molecule has 3 aromatic rings. The summed E-state index contributed by atoms with van der Waals surface area (Å²) in [5.74, 6) is 2.10. The fourth-order valence-electron chi connectivity index (χ4n) is 2.32. The first kappa shape index (κ1) is 19.3. The molecule has 1 atom stereocenters. The van der Waals surface area contributed by atoms with Crippen LogP contribution in [0, 0.1) is 0 Å². The SMILES string of the molecule is CCCCSc1nnc(SCC(=O)N[C@H](C)c2cc3ccccc3o2)s1. The van der Waals surface area contributed by atoms with Gasteiger partial charge in [-0.2, -0.15) is 0 Å². The maximum Gasteiger partial charge on any atom is 0.231 e. The normalized spacial score (nSPS) is 12.4. The predicted molar refractivity (Wildman–Crippen MR) is 109 cm³/mol. The molecule has 3 rings (SSSR count). The van der Waals surface area contributed by atoms with E-state index < -0.39 is 0 Å². The Labute approximate surface area is 165 Å².